The van der Waals surface area contributed by atoms with E-state index in [2.05, 4.69) is 11.4 Å². The van der Waals surface area contributed by atoms with E-state index in [4.69, 9.17) is 14.2 Å². The van der Waals surface area contributed by atoms with Gasteiger partial charge in [0.05, 0.1) is 13.2 Å². The molecule has 36 heavy (non-hydrogen) atoms. The Balaban J connectivity index is 1.51. The Morgan fingerprint density at radius 1 is 1.03 bits per heavy atom. The number of methoxy groups -OCH3 is 2. The zero-order valence-electron chi connectivity index (χ0n) is 20.7. The number of thiophene rings is 1. The Hall–Kier alpha value is -3.36. The second-order valence-electron chi connectivity index (χ2n) is 8.58. The summed E-state index contributed by atoms with van der Waals surface area (Å²) in [7, 11) is 3.21. The average Bonchev–Trinajstić information content (AvgIpc) is 3.40. The van der Waals surface area contributed by atoms with Gasteiger partial charge < -0.3 is 24.0 Å². The van der Waals surface area contributed by atoms with Crippen molar-refractivity contribution in [3.05, 3.63) is 82.0 Å². The van der Waals surface area contributed by atoms with Crippen LogP contribution in [0.15, 0.2) is 66.0 Å². The van der Waals surface area contributed by atoms with E-state index in [9.17, 15) is 9.59 Å². The van der Waals surface area contributed by atoms with Gasteiger partial charge in [-0.1, -0.05) is 18.2 Å². The molecule has 0 spiro atoms. The first-order valence-electron chi connectivity index (χ1n) is 12.1. The second kappa shape index (κ2) is 12.6. The van der Waals surface area contributed by atoms with E-state index in [0.29, 0.717) is 44.0 Å². The smallest absolute Gasteiger partial charge is 0.254 e. The number of hydrogen-bond donors (Lipinski definition) is 0. The largest absolute Gasteiger partial charge is 0.497 e. The van der Waals surface area contributed by atoms with Crippen LogP contribution in [0.2, 0.25) is 0 Å². The van der Waals surface area contributed by atoms with Gasteiger partial charge in [-0.05, 0) is 66.2 Å². The molecule has 2 heterocycles. The van der Waals surface area contributed by atoms with Crippen LogP contribution in [0.3, 0.4) is 0 Å². The van der Waals surface area contributed by atoms with Gasteiger partial charge in [-0.25, -0.2) is 0 Å². The maximum atomic E-state index is 13.7. The molecule has 8 heteroatoms. The summed E-state index contributed by atoms with van der Waals surface area (Å²) in [5.74, 6) is 1.16. The van der Waals surface area contributed by atoms with E-state index < -0.39 is 0 Å². The fourth-order valence-corrected chi connectivity index (χ4v) is 5.32. The maximum Gasteiger partial charge on any atom is 0.254 e. The van der Waals surface area contributed by atoms with Crippen molar-refractivity contribution >= 4 is 23.2 Å². The summed E-state index contributed by atoms with van der Waals surface area (Å²) in [5, 5.41) is 2.07. The molecule has 0 saturated heterocycles. The summed E-state index contributed by atoms with van der Waals surface area (Å²) < 4.78 is 16.5. The lowest BCUT2D eigenvalue weighted by Crippen LogP contribution is -2.48. The molecule has 0 fully saturated rings. The Kier molecular flexibility index (Phi) is 8.97. The molecule has 0 radical (unpaired) electrons. The minimum atomic E-state index is -0.204. The monoisotopic (exact) mass is 508 g/mol. The first-order chi connectivity index (χ1) is 17.6. The average molecular weight is 509 g/mol. The molecule has 1 atom stereocenters. The van der Waals surface area contributed by atoms with E-state index in [1.54, 1.807) is 54.7 Å². The number of amides is 2. The number of benzene rings is 2. The van der Waals surface area contributed by atoms with Crippen molar-refractivity contribution in [1.82, 2.24) is 9.80 Å². The predicted molar refractivity (Wildman–Crippen MR) is 140 cm³/mol. The van der Waals surface area contributed by atoms with Crippen molar-refractivity contribution in [2.24, 2.45) is 0 Å². The van der Waals surface area contributed by atoms with Crippen LogP contribution in [-0.4, -0.2) is 68.7 Å². The van der Waals surface area contributed by atoms with Crippen molar-refractivity contribution in [2.75, 3.05) is 47.1 Å². The summed E-state index contributed by atoms with van der Waals surface area (Å²) in [6, 6.07) is 18.5. The standard InChI is InChI=1S/C28H32N2O5S/c1-33-17-6-15-29(28(32)21-9-11-22(34-2)12-10-21)19-27(31)30-16-13-26-24(14-18-36-26)25(30)20-35-23-7-4-3-5-8-23/h3-5,7-12,14,18,25H,6,13,15-17,19-20H2,1-2H3/t25-/m1/s1. The molecule has 4 rings (SSSR count). The highest BCUT2D eigenvalue weighted by Gasteiger charge is 2.33. The Labute approximate surface area is 216 Å². The van der Waals surface area contributed by atoms with E-state index in [1.807, 2.05) is 35.2 Å². The van der Waals surface area contributed by atoms with Crippen LogP contribution in [-0.2, 0) is 16.0 Å². The van der Waals surface area contributed by atoms with Gasteiger partial charge in [0.25, 0.3) is 5.91 Å². The Morgan fingerprint density at radius 3 is 2.53 bits per heavy atom. The SMILES string of the molecule is COCCCN(CC(=O)N1CCc2sccc2[C@H]1COc1ccccc1)C(=O)c1ccc(OC)cc1. The van der Waals surface area contributed by atoms with Gasteiger partial charge in [0.15, 0.2) is 0 Å². The lowest BCUT2D eigenvalue weighted by atomic mass is 10.0. The van der Waals surface area contributed by atoms with Crippen LogP contribution in [0.25, 0.3) is 0 Å². The van der Waals surface area contributed by atoms with E-state index in [-0.39, 0.29) is 24.4 Å². The van der Waals surface area contributed by atoms with E-state index in [0.717, 1.165) is 17.7 Å². The second-order valence-corrected chi connectivity index (χ2v) is 9.58. The van der Waals surface area contributed by atoms with Crippen LogP contribution in [0, 0.1) is 0 Å². The zero-order chi connectivity index (χ0) is 25.3. The number of fused-ring (bicyclic) bond motifs is 1. The fraction of sp³-hybridized carbons (Fsp3) is 0.357. The number of para-hydroxylation sites is 1. The van der Waals surface area contributed by atoms with Crippen LogP contribution in [0.1, 0.15) is 33.3 Å². The van der Waals surface area contributed by atoms with Crippen molar-refractivity contribution in [3.8, 4) is 11.5 Å². The van der Waals surface area contributed by atoms with Crippen molar-refractivity contribution in [2.45, 2.75) is 18.9 Å². The number of hydrogen-bond acceptors (Lipinski definition) is 6. The molecule has 0 bridgehead atoms. The third-order valence-electron chi connectivity index (χ3n) is 6.29. The van der Waals surface area contributed by atoms with E-state index >= 15 is 0 Å². The number of nitrogens with zero attached hydrogens (tertiary/aromatic N) is 2. The van der Waals surface area contributed by atoms with Crippen molar-refractivity contribution in [1.29, 1.82) is 0 Å². The molecule has 190 valence electrons. The molecular formula is C28H32N2O5S. The lowest BCUT2D eigenvalue weighted by molar-refractivity contribution is -0.135. The molecular weight excluding hydrogens is 476 g/mol. The van der Waals surface area contributed by atoms with Gasteiger partial charge in [-0.15, -0.1) is 11.3 Å². The number of carbonyl (C=O) groups excluding carboxylic acids is 2. The highest BCUT2D eigenvalue weighted by atomic mass is 32.1. The van der Waals surface area contributed by atoms with Crippen molar-refractivity contribution < 1.29 is 23.8 Å². The molecule has 3 aromatic rings. The summed E-state index contributed by atoms with van der Waals surface area (Å²) >= 11 is 1.71. The third-order valence-corrected chi connectivity index (χ3v) is 7.29. The Bertz CT molecular complexity index is 1130. The van der Waals surface area contributed by atoms with Gasteiger partial charge in [-0.3, -0.25) is 9.59 Å². The maximum absolute atomic E-state index is 13.7. The number of rotatable bonds is 11. The van der Waals surface area contributed by atoms with Gasteiger partial charge in [0.1, 0.15) is 24.7 Å². The lowest BCUT2D eigenvalue weighted by Gasteiger charge is -2.37. The minimum absolute atomic E-state index is 0.00408. The van der Waals surface area contributed by atoms with E-state index in [1.165, 1.54) is 4.88 Å². The Morgan fingerprint density at radius 2 is 1.81 bits per heavy atom. The van der Waals surface area contributed by atoms with Gasteiger partial charge in [0, 0.05) is 37.2 Å². The molecule has 0 aliphatic carbocycles. The molecule has 2 aromatic carbocycles. The molecule has 0 saturated carbocycles. The molecule has 2 amide bonds. The summed E-state index contributed by atoms with van der Waals surface area (Å²) in [4.78, 5) is 31.8. The van der Waals surface area contributed by atoms with Crippen LogP contribution >= 0.6 is 11.3 Å². The zero-order valence-corrected chi connectivity index (χ0v) is 21.5. The van der Waals surface area contributed by atoms with Gasteiger partial charge >= 0.3 is 0 Å². The number of ether oxygens (including phenoxy) is 3. The fourth-order valence-electron chi connectivity index (χ4n) is 4.39. The van der Waals surface area contributed by atoms with Gasteiger partial charge in [-0.2, -0.15) is 0 Å². The van der Waals surface area contributed by atoms with Gasteiger partial charge in [0.2, 0.25) is 5.91 Å². The first-order valence-corrected chi connectivity index (χ1v) is 12.9. The van der Waals surface area contributed by atoms with Crippen LogP contribution in [0.5, 0.6) is 11.5 Å². The summed E-state index contributed by atoms with van der Waals surface area (Å²) in [6.45, 7) is 1.88. The molecule has 0 unspecified atom stereocenters. The summed E-state index contributed by atoms with van der Waals surface area (Å²) in [6.07, 6.45) is 1.44. The van der Waals surface area contributed by atoms with Crippen molar-refractivity contribution in [3.63, 3.8) is 0 Å². The molecule has 1 aliphatic heterocycles. The topological polar surface area (TPSA) is 68.3 Å². The molecule has 1 aromatic heterocycles. The molecule has 0 N–H and O–H groups in total. The highest BCUT2D eigenvalue weighted by molar-refractivity contribution is 7.10. The number of carbonyl (C=O) groups is 2. The predicted octanol–water partition coefficient (Wildman–Crippen LogP) is 4.44. The molecule has 1 aliphatic rings. The minimum Gasteiger partial charge on any atom is -0.497 e. The van der Waals surface area contributed by atoms with Crippen LogP contribution < -0.4 is 9.47 Å². The first kappa shape index (κ1) is 25.7. The summed E-state index contributed by atoms with van der Waals surface area (Å²) in [5.41, 5.74) is 1.65. The molecule has 7 nitrogen and oxygen atoms in total. The third kappa shape index (κ3) is 6.25. The normalized spacial score (nSPS) is 14.7. The quantitative estimate of drug-likeness (QED) is 0.358. The van der Waals surface area contributed by atoms with Crippen LogP contribution in [0.4, 0.5) is 0 Å². The highest BCUT2D eigenvalue weighted by Crippen LogP contribution is 2.34.